The normalized spacial score (nSPS) is 23.7. The molecule has 19 heavy (non-hydrogen) atoms. The number of para-hydroxylation sites is 1. The van der Waals surface area contributed by atoms with Gasteiger partial charge in [0.1, 0.15) is 11.9 Å². The van der Waals surface area contributed by atoms with Crippen molar-refractivity contribution in [2.45, 2.75) is 23.8 Å². The van der Waals surface area contributed by atoms with Gasteiger partial charge in [-0.25, -0.2) is 0 Å². The van der Waals surface area contributed by atoms with Gasteiger partial charge in [0, 0.05) is 17.2 Å². The van der Waals surface area contributed by atoms with E-state index in [-0.39, 0.29) is 0 Å². The van der Waals surface area contributed by atoms with Gasteiger partial charge < -0.3 is 15.4 Å². The first kappa shape index (κ1) is 13.3. The van der Waals surface area contributed by atoms with Crippen LogP contribution in [0.2, 0.25) is 0 Å². The fourth-order valence-electron chi connectivity index (χ4n) is 2.70. The first-order chi connectivity index (χ1) is 9.42. The predicted octanol–water partition coefficient (Wildman–Crippen LogP) is 2.13. The second kappa shape index (κ2) is 6.64. The molecule has 0 bridgehead atoms. The highest BCUT2D eigenvalue weighted by molar-refractivity contribution is 7.99. The van der Waals surface area contributed by atoms with Crippen molar-refractivity contribution < 1.29 is 4.74 Å². The molecule has 0 radical (unpaired) electrons. The number of hydrogen-bond donors (Lipinski definition) is 2. The van der Waals surface area contributed by atoms with Crippen molar-refractivity contribution >= 4 is 11.8 Å². The van der Waals surface area contributed by atoms with E-state index >= 15 is 0 Å². The van der Waals surface area contributed by atoms with Crippen LogP contribution in [0.3, 0.4) is 0 Å². The average Bonchev–Trinajstić information content (AvgIpc) is 2.48. The van der Waals surface area contributed by atoms with Gasteiger partial charge in [0.25, 0.3) is 0 Å². The van der Waals surface area contributed by atoms with Gasteiger partial charge >= 0.3 is 0 Å². The van der Waals surface area contributed by atoms with Crippen LogP contribution in [0, 0.1) is 5.92 Å². The van der Waals surface area contributed by atoms with Crippen LogP contribution in [-0.2, 0) is 0 Å². The molecule has 0 spiro atoms. The Morgan fingerprint density at radius 1 is 1.21 bits per heavy atom. The minimum Gasteiger partial charge on any atom is -0.487 e. The van der Waals surface area contributed by atoms with E-state index in [1.807, 2.05) is 17.8 Å². The second-order valence-corrected chi connectivity index (χ2v) is 6.41. The molecular weight excluding hydrogens is 256 g/mol. The molecule has 0 aliphatic carbocycles. The average molecular weight is 278 g/mol. The van der Waals surface area contributed by atoms with E-state index in [4.69, 9.17) is 4.74 Å². The van der Waals surface area contributed by atoms with Crippen molar-refractivity contribution in [3.63, 3.8) is 0 Å². The summed E-state index contributed by atoms with van der Waals surface area (Å²) in [6.45, 7) is 4.45. The van der Waals surface area contributed by atoms with E-state index < -0.39 is 0 Å². The zero-order valence-corrected chi connectivity index (χ0v) is 12.0. The Morgan fingerprint density at radius 3 is 2.95 bits per heavy atom. The van der Waals surface area contributed by atoms with Crippen LogP contribution >= 0.6 is 11.8 Å². The number of hydrogen-bond acceptors (Lipinski definition) is 4. The maximum Gasteiger partial charge on any atom is 0.133 e. The van der Waals surface area contributed by atoms with Crippen molar-refractivity contribution in [3.8, 4) is 5.75 Å². The molecule has 2 heterocycles. The molecule has 3 nitrogen and oxygen atoms in total. The lowest BCUT2D eigenvalue weighted by molar-refractivity contribution is 0.206. The van der Waals surface area contributed by atoms with Gasteiger partial charge in [-0.1, -0.05) is 12.1 Å². The van der Waals surface area contributed by atoms with Crippen molar-refractivity contribution in [1.82, 2.24) is 10.6 Å². The highest BCUT2D eigenvalue weighted by Crippen LogP contribution is 2.34. The molecule has 1 aromatic rings. The van der Waals surface area contributed by atoms with E-state index in [1.165, 1.54) is 30.8 Å². The van der Waals surface area contributed by atoms with Gasteiger partial charge in [-0.15, -0.1) is 11.8 Å². The van der Waals surface area contributed by atoms with Crippen LogP contribution in [0.15, 0.2) is 29.2 Å². The molecule has 0 amide bonds. The van der Waals surface area contributed by atoms with Crippen molar-refractivity contribution in [2.75, 3.05) is 31.9 Å². The van der Waals surface area contributed by atoms with E-state index in [0.29, 0.717) is 6.10 Å². The number of benzene rings is 1. The Hall–Kier alpha value is -0.710. The quantitative estimate of drug-likeness (QED) is 0.884. The third kappa shape index (κ3) is 3.65. The molecule has 1 saturated heterocycles. The van der Waals surface area contributed by atoms with Crippen molar-refractivity contribution in [1.29, 1.82) is 0 Å². The van der Waals surface area contributed by atoms with Crippen LogP contribution in [0.25, 0.3) is 0 Å². The zero-order chi connectivity index (χ0) is 12.9. The van der Waals surface area contributed by atoms with Gasteiger partial charge in [-0.05, 0) is 50.5 Å². The molecule has 1 aromatic carbocycles. The third-order valence-electron chi connectivity index (χ3n) is 3.83. The molecule has 0 saturated carbocycles. The van der Waals surface area contributed by atoms with Crippen LogP contribution in [0.1, 0.15) is 12.8 Å². The van der Waals surface area contributed by atoms with Gasteiger partial charge in [0.15, 0.2) is 0 Å². The molecule has 1 fully saturated rings. The fraction of sp³-hybridized carbons (Fsp3) is 0.600. The Bertz CT molecular complexity index is 407. The summed E-state index contributed by atoms with van der Waals surface area (Å²) < 4.78 is 6.03. The zero-order valence-electron chi connectivity index (χ0n) is 11.2. The number of rotatable bonds is 4. The van der Waals surface area contributed by atoms with E-state index in [1.54, 1.807) is 0 Å². The summed E-state index contributed by atoms with van der Waals surface area (Å²) >= 11 is 1.91. The highest BCUT2D eigenvalue weighted by atomic mass is 32.2. The second-order valence-electron chi connectivity index (χ2n) is 5.35. The minimum atomic E-state index is 0.307. The maximum absolute atomic E-state index is 6.03. The van der Waals surface area contributed by atoms with E-state index in [0.717, 1.165) is 30.5 Å². The molecule has 2 aliphatic rings. The molecular formula is C15H22N2OS. The van der Waals surface area contributed by atoms with Crippen molar-refractivity contribution in [3.05, 3.63) is 24.3 Å². The molecule has 2 N–H and O–H groups in total. The van der Waals surface area contributed by atoms with Crippen LogP contribution in [0.4, 0.5) is 0 Å². The summed E-state index contributed by atoms with van der Waals surface area (Å²) in [4.78, 5) is 1.28. The van der Waals surface area contributed by atoms with Gasteiger partial charge in [0.05, 0.1) is 0 Å². The van der Waals surface area contributed by atoms with Crippen LogP contribution < -0.4 is 15.4 Å². The number of fused-ring (bicyclic) bond motifs is 1. The van der Waals surface area contributed by atoms with Gasteiger partial charge in [-0.2, -0.15) is 0 Å². The summed E-state index contributed by atoms with van der Waals surface area (Å²) in [5, 5.41) is 7.00. The Balaban J connectivity index is 1.42. The van der Waals surface area contributed by atoms with Crippen LogP contribution in [0.5, 0.6) is 5.75 Å². The summed E-state index contributed by atoms with van der Waals surface area (Å²) in [5.74, 6) is 2.94. The number of nitrogens with one attached hydrogen (secondary N) is 2. The summed E-state index contributed by atoms with van der Waals surface area (Å²) in [5.41, 5.74) is 0. The monoisotopic (exact) mass is 278 g/mol. The molecule has 2 aliphatic heterocycles. The first-order valence-corrected chi connectivity index (χ1v) is 8.20. The molecule has 0 aromatic heterocycles. The lowest BCUT2D eigenvalue weighted by Crippen LogP contribution is -2.39. The highest BCUT2D eigenvalue weighted by Gasteiger charge is 2.20. The topological polar surface area (TPSA) is 33.3 Å². The Kier molecular flexibility index (Phi) is 4.64. The largest absolute Gasteiger partial charge is 0.487 e. The maximum atomic E-state index is 6.03. The summed E-state index contributed by atoms with van der Waals surface area (Å²) in [6.07, 6.45) is 2.91. The van der Waals surface area contributed by atoms with Crippen molar-refractivity contribution in [2.24, 2.45) is 5.92 Å². The fourth-order valence-corrected chi connectivity index (χ4v) is 3.68. The number of piperidine rings is 1. The summed E-state index contributed by atoms with van der Waals surface area (Å²) in [7, 11) is 0. The van der Waals surface area contributed by atoms with E-state index in [9.17, 15) is 0 Å². The number of ether oxygens (including phenoxy) is 1. The molecule has 4 heteroatoms. The van der Waals surface area contributed by atoms with Crippen LogP contribution in [-0.4, -0.2) is 38.0 Å². The minimum absolute atomic E-state index is 0.307. The Labute approximate surface area is 119 Å². The molecule has 104 valence electrons. The van der Waals surface area contributed by atoms with E-state index in [2.05, 4.69) is 28.8 Å². The predicted molar refractivity (Wildman–Crippen MR) is 80.0 cm³/mol. The first-order valence-electron chi connectivity index (χ1n) is 7.22. The SMILES string of the molecule is c1ccc2c(c1)OC(CNCC1CCNCC1)CS2. The van der Waals surface area contributed by atoms with Gasteiger partial charge in [0.2, 0.25) is 0 Å². The standard InChI is InChI=1S/C15H22N2OS/c1-2-4-15-14(3-1)18-13(11-19-15)10-17-9-12-5-7-16-8-6-12/h1-4,12-13,16-17H,5-11H2. The van der Waals surface area contributed by atoms with Gasteiger partial charge in [-0.3, -0.25) is 0 Å². The number of thioether (sulfide) groups is 1. The Morgan fingerprint density at radius 2 is 2.05 bits per heavy atom. The smallest absolute Gasteiger partial charge is 0.133 e. The third-order valence-corrected chi connectivity index (χ3v) is 5.02. The molecule has 1 unspecified atom stereocenters. The molecule has 3 rings (SSSR count). The lowest BCUT2D eigenvalue weighted by Gasteiger charge is -2.27. The molecule has 1 atom stereocenters. The lowest BCUT2D eigenvalue weighted by atomic mass is 9.98. The summed E-state index contributed by atoms with van der Waals surface area (Å²) in [6, 6.07) is 8.33.